The van der Waals surface area contributed by atoms with Crippen molar-refractivity contribution in [1.82, 2.24) is 0 Å². The van der Waals surface area contributed by atoms with Gasteiger partial charge >= 0.3 is 0 Å². The van der Waals surface area contributed by atoms with Gasteiger partial charge in [0.05, 0.1) is 18.8 Å². The van der Waals surface area contributed by atoms with Crippen LogP contribution in [0.25, 0.3) is 0 Å². The maximum Gasteiger partial charge on any atom is 0.128 e. The van der Waals surface area contributed by atoms with Gasteiger partial charge < -0.3 is 15.4 Å². The van der Waals surface area contributed by atoms with Gasteiger partial charge in [-0.25, -0.2) is 4.39 Å². The molecule has 0 amide bonds. The fraction of sp³-hybridized carbons (Fsp3) is 0.600. The molecule has 0 bridgehead atoms. The van der Waals surface area contributed by atoms with E-state index in [2.05, 4.69) is 4.90 Å². The summed E-state index contributed by atoms with van der Waals surface area (Å²) in [4.78, 5) is 2.34. The van der Waals surface area contributed by atoms with E-state index in [1.54, 1.807) is 6.07 Å². The van der Waals surface area contributed by atoms with Crippen LogP contribution in [0.3, 0.4) is 0 Å². The Balaban J connectivity index is 1.94. The number of anilines is 1. The summed E-state index contributed by atoms with van der Waals surface area (Å²) in [5.74, 6) is -0.135. The summed E-state index contributed by atoms with van der Waals surface area (Å²) >= 11 is 0. The molecule has 19 heavy (non-hydrogen) atoms. The molecule has 2 unspecified atom stereocenters. The highest BCUT2D eigenvalue weighted by Gasteiger charge is 2.36. The van der Waals surface area contributed by atoms with Crippen LogP contribution >= 0.6 is 0 Å². The maximum atomic E-state index is 14.0. The first kappa shape index (κ1) is 12.9. The molecule has 1 heterocycles. The quantitative estimate of drug-likeness (QED) is 0.908. The van der Waals surface area contributed by atoms with E-state index in [9.17, 15) is 4.39 Å². The monoisotopic (exact) mass is 264 g/mol. The van der Waals surface area contributed by atoms with E-state index in [1.165, 1.54) is 12.5 Å². The number of nitrogens with zero attached hydrogens (tertiary/aromatic N) is 1. The highest BCUT2D eigenvalue weighted by atomic mass is 19.1. The molecule has 1 saturated heterocycles. The lowest BCUT2D eigenvalue weighted by Gasteiger charge is -2.40. The first-order valence-corrected chi connectivity index (χ1v) is 7.17. The molecule has 2 aliphatic rings. The van der Waals surface area contributed by atoms with Crippen LogP contribution in [-0.2, 0) is 11.2 Å². The van der Waals surface area contributed by atoms with E-state index in [0.29, 0.717) is 25.1 Å². The summed E-state index contributed by atoms with van der Waals surface area (Å²) < 4.78 is 19.8. The molecule has 1 aliphatic heterocycles. The molecule has 1 aromatic rings. The van der Waals surface area contributed by atoms with Gasteiger partial charge in [0.25, 0.3) is 0 Å². The number of benzene rings is 1. The summed E-state index contributed by atoms with van der Waals surface area (Å²) in [6.45, 7) is 2.06. The van der Waals surface area contributed by atoms with Crippen LogP contribution in [-0.4, -0.2) is 31.8 Å². The molecule has 2 N–H and O–H groups in total. The minimum Gasteiger partial charge on any atom is -0.374 e. The van der Waals surface area contributed by atoms with Crippen molar-refractivity contribution in [2.45, 2.75) is 37.8 Å². The average Bonchev–Trinajstić information content (AvgIpc) is 2.89. The van der Waals surface area contributed by atoms with Gasteiger partial charge in [-0.2, -0.15) is 0 Å². The normalized spacial score (nSPS) is 26.5. The summed E-state index contributed by atoms with van der Waals surface area (Å²) in [5.41, 5.74) is 7.41. The Morgan fingerprint density at radius 3 is 3.11 bits per heavy atom. The van der Waals surface area contributed by atoms with Crippen LogP contribution in [0, 0.1) is 5.82 Å². The smallest absolute Gasteiger partial charge is 0.128 e. The minimum absolute atomic E-state index is 0.135. The van der Waals surface area contributed by atoms with Crippen molar-refractivity contribution in [3.63, 3.8) is 0 Å². The Hall–Kier alpha value is -1.13. The molecule has 3 rings (SSSR count). The number of morpholine rings is 1. The SMILES string of the molecule is NCCc1c(F)cccc1N1CCOC2CCCC21. The fourth-order valence-corrected chi connectivity index (χ4v) is 3.43. The third-order valence-electron chi connectivity index (χ3n) is 4.28. The molecular weight excluding hydrogens is 243 g/mol. The maximum absolute atomic E-state index is 14.0. The van der Waals surface area contributed by atoms with Crippen LogP contribution < -0.4 is 10.6 Å². The van der Waals surface area contributed by atoms with Crippen molar-refractivity contribution >= 4 is 5.69 Å². The summed E-state index contributed by atoms with van der Waals surface area (Å²) in [6.07, 6.45) is 4.39. The van der Waals surface area contributed by atoms with E-state index in [4.69, 9.17) is 10.5 Å². The predicted octanol–water partition coefficient (Wildman–Crippen LogP) is 2.08. The van der Waals surface area contributed by atoms with Crippen LogP contribution in [0.4, 0.5) is 10.1 Å². The Morgan fingerprint density at radius 1 is 1.37 bits per heavy atom. The molecule has 2 atom stereocenters. The van der Waals surface area contributed by atoms with E-state index >= 15 is 0 Å². The van der Waals surface area contributed by atoms with Gasteiger partial charge in [-0.15, -0.1) is 0 Å². The van der Waals surface area contributed by atoms with Gasteiger partial charge in [0.15, 0.2) is 0 Å². The zero-order valence-electron chi connectivity index (χ0n) is 11.1. The Kier molecular flexibility index (Phi) is 3.71. The molecule has 3 nitrogen and oxygen atoms in total. The molecule has 0 radical (unpaired) electrons. The number of ether oxygens (including phenoxy) is 1. The van der Waals surface area contributed by atoms with E-state index in [1.807, 2.05) is 6.07 Å². The molecule has 1 aliphatic carbocycles. The first-order chi connectivity index (χ1) is 9.31. The number of rotatable bonds is 3. The number of fused-ring (bicyclic) bond motifs is 1. The summed E-state index contributed by atoms with van der Waals surface area (Å²) in [7, 11) is 0. The molecule has 1 aromatic carbocycles. The molecule has 104 valence electrons. The molecule has 0 aromatic heterocycles. The van der Waals surface area contributed by atoms with Crippen LogP contribution in [0.15, 0.2) is 18.2 Å². The zero-order valence-corrected chi connectivity index (χ0v) is 11.1. The van der Waals surface area contributed by atoms with Gasteiger partial charge in [0, 0.05) is 17.8 Å². The first-order valence-electron chi connectivity index (χ1n) is 7.17. The zero-order chi connectivity index (χ0) is 13.2. The van der Waals surface area contributed by atoms with Gasteiger partial charge in [0.1, 0.15) is 5.82 Å². The Labute approximate surface area is 113 Å². The third kappa shape index (κ3) is 2.35. The Morgan fingerprint density at radius 2 is 2.26 bits per heavy atom. The largest absolute Gasteiger partial charge is 0.374 e. The molecule has 4 heteroatoms. The standard InChI is InChI=1S/C15H21FN2O/c16-12-3-1-4-13(11(12)7-8-17)18-9-10-19-15-6-2-5-14(15)18/h1,3-4,14-15H,2,5-10,17H2. The van der Waals surface area contributed by atoms with E-state index in [-0.39, 0.29) is 5.82 Å². The highest BCUT2D eigenvalue weighted by Crippen LogP contribution is 2.35. The van der Waals surface area contributed by atoms with Crippen LogP contribution in [0.5, 0.6) is 0 Å². The van der Waals surface area contributed by atoms with Gasteiger partial charge in [0.2, 0.25) is 0 Å². The van der Waals surface area contributed by atoms with Gasteiger partial charge in [-0.1, -0.05) is 6.07 Å². The number of nitrogens with two attached hydrogens (primary N) is 1. The van der Waals surface area contributed by atoms with Crippen molar-refractivity contribution in [3.05, 3.63) is 29.6 Å². The van der Waals surface area contributed by atoms with Crippen molar-refractivity contribution in [1.29, 1.82) is 0 Å². The minimum atomic E-state index is -0.135. The lowest BCUT2D eigenvalue weighted by Crippen LogP contribution is -2.49. The third-order valence-corrected chi connectivity index (χ3v) is 4.28. The van der Waals surface area contributed by atoms with E-state index < -0.39 is 0 Å². The van der Waals surface area contributed by atoms with Crippen molar-refractivity contribution in [3.8, 4) is 0 Å². The predicted molar refractivity (Wildman–Crippen MR) is 73.9 cm³/mol. The number of hydrogen-bond donors (Lipinski definition) is 1. The topological polar surface area (TPSA) is 38.5 Å². The number of hydrogen-bond acceptors (Lipinski definition) is 3. The molecular formula is C15H21FN2O. The second kappa shape index (κ2) is 5.47. The number of halogens is 1. The van der Waals surface area contributed by atoms with Crippen molar-refractivity contribution in [2.24, 2.45) is 5.73 Å². The Bertz CT molecular complexity index is 452. The second-order valence-corrected chi connectivity index (χ2v) is 5.38. The van der Waals surface area contributed by atoms with Crippen LogP contribution in [0.1, 0.15) is 24.8 Å². The molecule has 1 saturated carbocycles. The summed E-state index contributed by atoms with van der Waals surface area (Å²) in [5, 5.41) is 0. The van der Waals surface area contributed by atoms with Crippen molar-refractivity contribution < 1.29 is 9.13 Å². The lowest BCUT2D eigenvalue weighted by atomic mass is 10.0. The summed E-state index contributed by atoms with van der Waals surface area (Å²) in [6, 6.07) is 5.76. The van der Waals surface area contributed by atoms with Crippen molar-refractivity contribution in [2.75, 3.05) is 24.6 Å². The highest BCUT2D eigenvalue weighted by molar-refractivity contribution is 5.56. The second-order valence-electron chi connectivity index (χ2n) is 5.38. The van der Waals surface area contributed by atoms with Gasteiger partial charge in [-0.3, -0.25) is 0 Å². The average molecular weight is 264 g/mol. The lowest BCUT2D eigenvalue weighted by molar-refractivity contribution is 0.0255. The van der Waals surface area contributed by atoms with Crippen LogP contribution in [0.2, 0.25) is 0 Å². The van der Waals surface area contributed by atoms with Gasteiger partial charge in [-0.05, 0) is 44.4 Å². The molecule has 0 spiro atoms. The molecule has 2 fully saturated rings. The van der Waals surface area contributed by atoms with E-state index in [0.717, 1.165) is 37.2 Å². The fourth-order valence-electron chi connectivity index (χ4n) is 3.43.